The lowest BCUT2D eigenvalue weighted by Crippen LogP contribution is -1.98. The molecule has 0 fully saturated rings. The number of aromatic nitrogens is 1. The lowest BCUT2D eigenvalue weighted by atomic mass is 10.1. The Bertz CT molecular complexity index is 276. The van der Waals surface area contributed by atoms with Crippen LogP contribution in [0, 0.1) is 5.92 Å². The predicted molar refractivity (Wildman–Crippen MR) is 46.3 cm³/mol. The van der Waals surface area contributed by atoms with E-state index in [0.29, 0.717) is 5.92 Å². The summed E-state index contributed by atoms with van der Waals surface area (Å²) in [6, 6.07) is 3.42. The SMILES string of the molecule is CC(C)Cc1ccc(C(=O)O)[nH]1. The molecule has 0 saturated heterocycles. The summed E-state index contributed by atoms with van der Waals surface area (Å²) >= 11 is 0. The second-order valence-corrected chi connectivity index (χ2v) is 3.30. The highest BCUT2D eigenvalue weighted by Crippen LogP contribution is 2.07. The first-order chi connectivity index (χ1) is 5.59. The van der Waals surface area contributed by atoms with Crippen molar-refractivity contribution >= 4 is 5.97 Å². The molecule has 3 nitrogen and oxygen atoms in total. The average Bonchev–Trinajstić information content (AvgIpc) is 2.34. The van der Waals surface area contributed by atoms with E-state index in [1.807, 2.05) is 6.07 Å². The molecule has 0 radical (unpaired) electrons. The molecule has 0 aliphatic carbocycles. The zero-order valence-electron chi connectivity index (χ0n) is 7.29. The van der Waals surface area contributed by atoms with Crippen LogP contribution < -0.4 is 0 Å². The van der Waals surface area contributed by atoms with Crippen molar-refractivity contribution in [1.29, 1.82) is 0 Å². The topological polar surface area (TPSA) is 53.1 Å². The van der Waals surface area contributed by atoms with E-state index in [1.54, 1.807) is 6.07 Å². The predicted octanol–water partition coefficient (Wildman–Crippen LogP) is 1.91. The van der Waals surface area contributed by atoms with Crippen LogP contribution in [-0.2, 0) is 6.42 Å². The first-order valence-corrected chi connectivity index (χ1v) is 4.00. The van der Waals surface area contributed by atoms with Gasteiger partial charge in [-0.05, 0) is 24.5 Å². The van der Waals surface area contributed by atoms with Gasteiger partial charge in [-0.2, -0.15) is 0 Å². The zero-order chi connectivity index (χ0) is 9.14. The minimum absolute atomic E-state index is 0.269. The average molecular weight is 167 g/mol. The van der Waals surface area contributed by atoms with Crippen molar-refractivity contribution in [2.75, 3.05) is 0 Å². The zero-order valence-corrected chi connectivity index (χ0v) is 7.29. The maximum Gasteiger partial charge on any atom is 0.352 e. The Balaban J connectivity index is 2.71. The lowest BCUT2D eigenvalue weighted by Gasteiger charge is -2.00. The number of hydrogen-bond donors (Lipinski definition) is 2. The number of aromatic amines is 1. The highest BCUT2D eigenvalue weighted by molar-refractivity contribution is 5.85. The van der Waals surface area contributed by atoms with Gasteiger partial charge in [-0.15, -0.1) is 0 Å². The largest absolute Gasteiger partial charge is 0.477 e. The van der Waals surface area contributed by atoms with Gasteiger partial charge in [0.25, 0.3) is 0 Å². The van der Waals surface area contributed by atoms with Crippen LogP contribution in [-0.4, -0.2) is 16.1 Å². The number of rotatable bonds is 3. The first kappa shape index (κ1) is 8.84. The van der Waals surface area contributed by atoms with Gasteiger partial charge in [0.2, 0.25) is 0 Å². The molecule has 0 spiro atoms. The summed E-state index contributed by atoms with van der Waals surface area (Å²) in [6.45, 7) is 4.20. The van der Waals surface area contributed by atoms with E-state index in [1.165, 1.54) is 0 Å². The molecular formula is C9H13NO2. The molecule has 0 aliphatic heterocycles. The van der Waals surface area contributed by atoms with Crippen LogP contribution in [0.1, 0.15) is 30.0 Å². The van der Waals surface area contributed by atoms with Gasteiger partial charge >= 0.3 is 5.97 Å². The molecule has 0 aromatic carbocycles. The Kier molecular flexibility index (Phi) is 2.53. The van der Waals surface area contributed by atoms with E-state index in [-0.39, 0.29) is 5.69 Å². The Labute approximate surface area is 71.4 Å². The van der Waals surface area contributed by atoms with Crippen molar-refractivity contribution in [3.63, 3.8) is 0 Å². The van der Waals surface area contributed by atoms with Crippen molar-refractivity contribution in [1.82, 2.24) is 4.98 Å². The minimum atomic E-state index is -0.898. The molecule has 0 unspecified atom stereocenters. The van der Waals surface area contributed by atoms with Crippen molar-refractivity contribution in [3.05, 3.63) is 23.5 Å². The van der Waals surface area contributed by atoms with Crippen molar-refractivity contribution < 1.29 is 9.90 Å². The smallest absolute Gasteiger partial charge is 0.352 e. The Morgan fingerprint density at radius 2 is 2.25 bits per heavy atom. The summed E-state index contributed by atoms with van der Waals surface area (Å²) in [5, 5.41) is 8.60. The molecule has 0 amide bonds. The molecule has 1 rings (SSSR count). The quantitative estimate of drug-likeness (QED) is 0.722. The number of carboxylic acid groups (broad SMARTS) is 1. The van der Waals surface area contributed by atoms with Crippen LogP contribution in [0.5, 0.6) is 0 Å². The first-order valence-electron chi connectivity index (χ1n) is 4.00. The molecule has 3 heteroatoms. The van der Waals surface area contributed by atoms with E-state index < -0.39 is 5.97 Å². The van der Waals surface area contributed by atoms with Crippen molar-refractivity contribution in [3.8, 4) is 0 Å². The highest BCUT2D eigenvalue weighted by Gasteiger charge is 2.05. The van der Waals surface area contributed by atoms with Crippen LogP contribution in [0.2, 0.25) is 0 Å². The van der Waals surface area contributed by atoms with Gasteiger partial charge in [-0.25, -0.2) is 4.79 Å². The highest BCUT2D eigenvalue weighted by atomic mass is 16.4. The number of nitrogens with one attached hydrogen (secondary N) is 1. The molecule has 2 N–H and O–H groups in total. The van der Waals surface area contributed by atoms with Crippen LogP contribution >= 0.6 is 0 Å². The number of H-pyrrole nitrogens is 1. The Morgan fingerprint density at radius 3 is 2.67 bits per heavy atom. The monoisotopic (exact) mass is 167 g/mol. The molecule has 0 atom stereocenters. The van der Waals surface area contributed by atoms with Gasteiger partial charge in [0.1, 0.15) is 5.69 Å². The molecular weight excluding hydrogens is 154 g/mol. The molecule has 1 aromatic rings. The fraction of sp³-hybridized carbons (Fsp3) is 0.444. The summed E-state index contributed by atoms with van der Waals surface area (Å²) in [7, 11) is 0. The van der Waals surface area contributed by atoms with Gasteiger partial charge in [-0.1, -0.05) is 13.8 Å². The van der Waals surface area contributed by atoms with Crippen LogP contribution in [0.25, 0.3) is 0 Å². The Morgan fingerprint density at radius 1 is 1.58 bits per heavy atom. The summed E-state index contributed by atoms with van der Waals surface area (Å²) < 4.78 is 0. The molecule has 0 saturated carbocycles. The third-order valence-corrected chi connectivity index (χ3v) is 1.60. The molecule has 0 aliphatic rings. The fourth-order valence-electron chi connectivity index (χ4n) is 1.12. The summed E-state index contributed by atoms with van der Waals surface area (Å²) in [5.74, 6) is -0.352. The maximum absolute atomic E-state index is 10.5. The van der Waals surface area contributed by atoms with Crippen LogP contribution in [0.15, 0.2) is 12.1 Å². The maximum atomic E-state index is 10.5. The standard InChI is InChI=1S/C9H13NO2/c1-6(2)5-7-3-4-8(10-7)9(11)12/h3-4,6,10H,5H2,1-2H3,(H,11,12). The van der Waals surface area contributed by atoms with E-state index in [9.17, 15) is 4.79 Å². The van der Waals surface area contributed by atoms with Crippen molar-refractivity contribution in [2.45, 2.75) is 20.3 Å². The van der Waals surface area contributed by atoms with Gasteiger partial charge in [0, 0.05) is 5.69 Å². The molecule has 1 heterocycles. The Hall–Kier alpha value is -1.25. The van der Waals surface area contributed by atoms with Gasteiger partial charge in [0.05, 0.1) is 0 Å². The van der Waals surface area contributed by atoms with Crippen molar-refractivity contribution in [2.24, 2.45) is 5.92 Å². The number of carbonyl (C=O) groups is 1. The lowest BCUT2D eigenvalue weighted by molar-refractivity contribution is 0.0691. The van der Waals surface area contributed by atoms with Crippen LogP contribution in [0.4, 0.5) is 0 Å². The summed E-state index contributed by atoms with van der Waals surface area (Å²) in [4.78, 5) is 13.3. The molecule has 12 heavy (non-hydrogen) atoms. The second-order valence-electron chi connectivity index (χ2n) is 3.30. The van der Waals surface area contributed by atoms with Gasteiger partial charge in [-0.3, -0.25) is 0 Å². The third-order valence-electron chi connectivity index (χ3n) is 1.60. The van der Waals surface area contributed by atoms with E-state index in [2.05, 4.69) is 18.8 Å². The number of carboxylic acids is 1. The molecule has 1 aromatic heterocycles. The number of aromatic carboxylic acids is 1. The van der Waals surface area contributed by atoms with Crippen LogP contribution in [0.3, 0.4) is 0 Å². The molecule has 66 valence electrons. The molecule has 0 bridgehead atoms. The van der Waals surface area contributed by atoms with E-state index in [4.69, 9.17) is 5.11 Å². The van der Waals surface area contributed by atoms with E-state index in [0.717, 1.165) is 12.1 Å². The fourth-order valence-corrected chi connectivity index (χ4v) is 1.12. The minimum Gasteiger partial charge on any atom is -0.477 e. The van der Waals surface area contributed by atoms with Gasteiger partial charge < -0.3 is 10.1 Å². The summed E-state index contributed by atoms with van der Waals surface area (Å²) in [6.07, 6.45) is 0.896. The third kappa shape index (κ3) is 2.12. The summed E-state index contributed by atoms with van der Waals surface area (Å²) in [5.41, 5.74) is 1.26. The normalized spacial score (nSPS) is 10.6. The number of hydrogen-bond acceptors (Lipinski definition) is 1. The van der Waals surface area contributed by atoms with E-state index >= 15 is 0 Å². The van der Waals surface area contributed by atoms with Gasteiger partial charge in [0.15, 0.2) is 0 Å². The second kappa shape index (κ2) is 3.43.